The van der Waals surface area contributed by atoms with E-state index in [4.69, 9.17) is 16.3 Å². The first-order chi connectivity index (χ1) is 13.7. The first-order valence-electron chi connectivity index (χ1n) is 9.16. The molecule has 0 radical (unpaired) electrons. The van der Waals surface area contributed by atoms with Gasteiger partial charge in [0.05, 0.1) is 10.7 Å². The maximum atomic E-state index is 13.2. The molecule has 29 heavy (non-hydrogen) atoms. The summed E-state index contributed by atoms with van der Waals surface area (Å²) in [7, 11) is 0. The Morgan fingerprint density at radius 1 is 1.03 bits per heavy atom. The summed E-state index contributed by atoms with van der Waals surface area (Å²) in [5, 5.41) is 3.37. The molecular weight excluding hydrogens is 391 g/mol. The maximum absolute atomic E-state index is 13.2. The number of aryl methyl sites for hydroxylation is 4. The summed E-state index contributed by atoms with van der Waals surface area (Å²) in [4.78, 5) is 17.6. The van der Waals surface area contributed by atoms with Crippen LogP contribution in [-0.2, 0) is 0 Å². The second kappa shape index (κ2) is 8.21. The number of hydrogen-bond acceptors (Lipinski definition) is 3. The molecule has 0 fully saturated rings. The molecule has 3 aromatic rings. The Hall–Kier alpha value is -2.92. The lowest BCUT2D eigenvalue weighted by atomic mass is 10.0. The van der Waals surface area contributed by atoms with Crippen LogP contribution in [0.1, 0.15) is 38.3 Å². The van der Waals surface area contributed by atoms with Crippen molar-refractivity contribution in [3.8, 4) is 11.6 Å². The molecule has 0 aliphatic rings. The molecule has 0 atom stereocenters. The molecule has 6 heteroatoms. The van der Waals surface area contributed by atoms with E-state index >= 15 is 0 Å². The van der Waals surface area contributed by atoms with E-state index in [1.54, 1.807) is 13.8 Å². The molecule has 1 N–H and O–H groups in total. The number of benzene rings is 2. The smallest absolute Gasteiger partial charge is 0.261 e. The quantitative estimate of drug-likeness (QED) is 0.534. The summed E-state index contributed by atoms with van der Waals surface area (Å²) in [6.45, 7) is 9.38. The number of halogens is 2. The Bertz CT molecular complexity index is 1070. The summed E-state index contributed by atoms with van der Waals surface area (Å²) in [5.74, 6) is -0.256. The van der Waals surface area contributed by atoms with Crippen LogP contribution in [0.15, 0.2) is 36.4 Å². The van der Waals surface area contributed by atoms with Crippen molar-refractivity contribution >= 4 is 23.2 Å². The third-order valence-electron chi connectivity index (χ3n) is 4.68. The molecule has 1 amide bonds. The number of aromatic nitrogens is 1. The average Bonchev–Trinajstić information content (AvgIpc) is 2.64. The van der Waals surface area contributed by atoms with Crippen LogP contribution in [0, 0.1) is 40.4 Å². The monoisotopic (exact) mass is 412 g/mol. The van der Waals surface area contributed by atoms with Crippen molar-refractivity contribution in [2.24, 2.45) is 0 Å². The normalized spacial score (nSPS) is 10.7. The SMILES string of the molecule is Cc1cc(C)c(NC(=O)c2c(Oc3ccc(F)cc3)nc(C)c(Cl)c2C)c(C)c1. The Kier molecular flexibility index (Phi) is 5.89. The van der Waals surface area contributed by atoms with Gasteiger partial charge in [0.2, 0.25) is 5.88 Å². The largest absolute Gasteiger partial charge is 0.438 e. The number of amides is 1. The number of hydrogen-bond donors (Lipinski definition) is 1. The van der Waals surface area contributed by atoms with Crippen LogP contribution >= 0.6 is 11.6 Å². The Morgan fingerprint density at radius 2 is 1.62 bits per heavy atom. The van der Waals surface area contributed by atoms with Crippen LogP contribution in [-0.4, -0.2) is 10.9 Å². The van der Waals surface area contributed by atoms with Crippen molar-refractivity contribution in [1.82, 2.24) is 4.98 Å². The molecule has 2 aromatic carbocycles. The Balaban J connectivity index is 2.04. The van der Waals surface area contributed by atoms with Crippen molar-refractivity contribution in [2.75, 3.05) is 5.32 Å². The molecule has 0 spiro atoms. The van der Waals surface area contributed by atoms with Gasteiger partial charge in [-0.25, -0.2) is 9.37 Å². The number of nitrogens with one attached hydrogen (secondary N) is 1. The number of carbonyl (C=O) groups is 1. The Labute approximate surface area is 174 Å². The summed E-state index contributed by atoms with van der Waals surface area (Å²) >= 11 is 6.36. The minimum atomic E-state index is -0.378. The minimum Gasteiger partial charge on any atom is -0.438 e. The van der Waals surface area contributed by atoms with E-state index in [1.807, 2.05) is 32.9 Å². The molecular formula is C23H22ClFN2O2. The van der Waals surface area contributed by atoms with E-state index in [0.717, 1.165) is 22.4 Å². The van der Waals surface area contributed by atoms with Crippen molar-refractivity contribution in [2.45, 2.75) is 34.6 Å². The van der Waals surface area contributed by atoms with Gasteiger partial charge in [-0.3, -0.25) is 4.79 Å². The van der Waals surface area contributed by atoms with E-state index in [-0.39, 0.29) is 23.2 Å². The predicted molar refractivity (Wildman–Crippen MR) is 114 cm³/mol. The highest BCUT2D eigenvalue weighted by Crippen LogP contribution is 2.33. The summed E-state index contributed by atoms with van der Waals surface area (Å²) in [6, 6.07) is 9.53. The third-order valence-corrected chi connectivity index (χ3v) is 5.23. The van der Waals surface area contributed by atoms with Crippen molar-refractivity contribution in [3.05, 3.63) is 80.7 Å². The second-order valence-corrected chi connectivity index (χ2v) is 7.48. The van der Waals surface area contributed by atoms with Crippen LogP contribution in [0.4, 0.5) is 10.1 Å². The molecule has 0 saturated heterocycles. The standard InChI is InChI=1S/C23H22ClFN2O2/c1-12-10-13(2)21(14(3)11-12)27-22(28)19-15(4)20(24)16(5)26-23(19)29-18-8-6-17(25)7-9-18/h6-11H,1-5H3,(H,27,28). The van der Waals surface area contributed by atoms with Gasteiger partial charge in [0.1, 0.15) is 17.1 Å². The minimum absolute atomic E-state index is 0.121. The number of nitrogens with zero attached hydrogens (tertiary/aromatic N) is 1. The van der Waals surface area contributed by atoms with E-state index in [1.165, 1.54) is 24.3 Å². The fraction of sp³-hybridized carbons (Fsp3) is 0.217. The van der Waals surface area contributed by atoms with Gasteiger partial charge in [0.25, 0.3) is 5.91 Å². The highest BCUT2D eigenvalue weighted by atomic mass is 35.5. The topological polar surface area (TPSA) is 51.2 Å². The molecule has 0 unspecified atom stereocenters. The number of pyridine rings is 1. The van der Waals surface area contributed by atoms with Crippen LogP contribution in [0.5, 0.6) is 11.6 Å². The fourth-order valence-corrected chi connectivity index (χ4v) is 3.44. The van der Waals surface area contributed by atoms with Gasteiger partial charge in [-0.15, -0.1) is 0 Å². The van der Waals surface area contributed by atoms with Gasteiger partial charge in [-0.1, -0.05) is 29.3 Å². The zero-order chi connectivity index (χ0) is 21.3. The molecule has 1 aromatic heterocycles. The van der Waals surface area contributed by atoms with E-state index in [2.05, 4.69) is 10.3 Å². The van der Waals surface area contributed by atoms with E-state index < -0.39 is 0 Å². The first kappa shape index (κ1) is 20.8. The predicted octanol–water partition coefficient (Wildman–Crippen LogP) is 6.46. The van der Waals surface area contributed by atoms with E-state index in [9.17, 15) is 9.18 Å². The highest BCUT2D eigenvalue weighted by Gasteiger charge is 2.23. The average molecular weight is 413 g/mol. The molecule has 0 saturated carbocycles. The van der Waals surface area contributed by atoms with Gasteiger partial charge in [-0.2, -0.15) is 0 Å². The summed E-state index contributed by atoms with van der Waals surface area (Å²) in [5.41, 5.74) is 5.13. The number of carbonyl (C=O) groups excluding carboxylic acids is 1. The van der Waals surface area contributed by atoms with Crippen LogP contribution in [0.3, 0.4) is 0 Å². The molecule has 0 aliphatic heterocycles. The van der Waals surface area contributed by atoms with Gasteiger partial charge in [0.15, 0.2) is 0 Å². The third kappa shape index (κ3) is 4.40. The van der Waals surface area contributed by atoms with E-state index in [0.29, 0.717) is 22.0 Å². The van der Waals surface area contributed by atoms with Crippen molar-refractivity contribution < 1.29 is 13.9 Å². The van der Waals surface area contributed by atoms with Crippen molar-refractivity contribution in [3.63, 3.8) is 0 Å². The van der Waals surface area contributed by atoms with Gasteiger partial charge >= 0.3 is 0 Å². The zero-order valence-electron chi connectivity index (χ0n) is 17.0. The fourth-order valence-electron chi connectivity index (χ4n) is 3.31. The lowest BCUT2D eigenvalue weighted by Gasteiger charge is -2.17. The molecule has 1 heterocycles. The lowest BCUT2D eigenvalue weighted by Crippen LogP contribution is -2.17. The van der Waals surface area contributed by atoms with Crippen molar-refractivity contribution in [1.29, 1.82) is 0 Å². The zero-order valence-corrected chi connectivity index (χ0v) is 17.7. The van der Waals surface area contributed by atoms with Gasteiger partial charge in [0, 0.05) is 5.69 Å². The number of ether oxygens (including phenoxy) is 1. The number of anilines is 1. The molecule has 0 aliphatic carbocycles. The maximum Gasteiger partial charge on any atom is 0.261 e. The van der Waals surface area contributed by atoms with Crippen LogP contribution < -0.4 is 10.1 Å². The first-order valence-corrected chi connectivity index (χ1v) is 9.54. The van der Waals surface area contributed by atoms with Crippen LogP contribution in [0.2, 0.25) is 5.02 Å². The lowest BCUT2D eigenvalue weighted by molar-refractivity contribution is 0.102. The Morgan fingerprint density at radius 3 is 2.21 bits per heavy atom. The molecule has 150 valence electrons. The molecule has 0 bridgehead atoms. The number of rotatable bonds is 4. The highest BCUT2D eigenvalue weighted by molar-refractivity contribution is 6.32. The van der Waals surface area contributed by atoms with Crippen LogP contribution in [0.25, 0.3) is 0 Å². The summed E-state index contributed by atoms with van der Waals surface area (Å²) < 4.78 is 19.0. The molecule has 4 nitrogen and oxygen atoms in total. The molecule has 3 rings (SSSR count). The van der Waals surface area contributed by atoms with Gasteiger partial charge < -0.3 is 10.1 Å². The van der Waals surface area contributed by atoms with Gasteiger partial charge in [-0.05, 0) is 75.6 Å². The summed E-state index contributed by atoms with van der Waals surface area (Å²) in [6.07, 6.45) is 0. The second-order valence-electron chi connectivity index (χ2n) is 7.10.